The highest BCUT2D eigenvalue weighted by Gasteiger charge is 2.03. The van der Waals surface area contributed by atoms with Gasteiger partial charge in [-0.3, -0.25) is 0 Å². The average Bonchev–Trinajstić information content (AvgIpc) is 2.04. The molecule has 2 nitrogen and oxygen atoms in total. The second-order valence-electron chi connectivity index (χ2n) is 3.26. The van der Waals surface area contributed by atoms with Gasteiger partial charge in [-0.2, -0.15) is 0 Å². The Morgan fingerprint density at radius 1 is 1.25 bits per heavy atom. The van der Waals surface area contributed by atoms with Crippen molar-refractivity contribution in [1.29, 1.82) is 0 Å². The molecular formula is C10H21O2. The minimum Gasteiger partial charge on any atom is -0.378 e. The molecule has 0 spiro atoms. The molecule has 0 saturated carbocycles. The van der Waals surface area contributed by atoms with Crippen molar-refractivity contribution >= 4 is 0 Å². The number of hydrogen-bond donors (Lipinski definition) is 0. The molecule has 0 aromatic carbocycles. The highest BCUT2D eigenvalue weighted by atomic mass is 16.5. The van der Waals surface area contributed by atoms with Gasteiger partial charge in [0.25, 0.3) is 0 Å². The molecule has 0 rings (SSSR count). The van der Waals surface area contributed by atoms with Gasteiger partial charge in [-0.25, -0.2) is 5.11 Å². The zero-order valence-corrected chi connectivity index (χ0v) is 8.51. The molecule has 0 aliphatic heterocycles. The summed E-state index contributed by atoms with van der Waals surface area (Å²) in [4.78, 5) is 0. The van der Waals surface area contributed by atoms with Crippen molar-refractivity contribution in [3.63, 3.8) is 0 Å². The van der Waals surface area contributed by atoms with E-state index in [0.29, 0.717) is 6.10 Å². The molecule has 2 heteroatoms. The van der Waals surface area contributed by atoms with E-state index >= 15 is 0 Å². The van der Waals surface area contributed by atoms with Gasteiger partial charge >= 0.3 is 0 Å². The lowest BCUT2D eigenvalue weighted by Crippen LogP contribution is -2.12. The highest BCUT2D eigenvalue weighted by Crippen LogP contribution is 2.04. The first-order chi connectivity index (χ1) is 5.70. The molecule has 0 saturated heterocycles. The molecule has 0 N–H and O–H groups in total. The van der Waals surface area contributed by atoms with Gasteiger partial charge in [0.15, 0.2) is 0 Å². The van der Waals surface area contributed by atoms with Crippen LogP contribution in [0.25, 0.3) is 0 Å². The first-order valence-electron chi connectivity index (χ1n) is 4.98. The predicted molar refractivity (Wildman–Crippen MR) is 49.7 cm³/mol. The molecule has 0 aromatic rings. The summed E-state index contributed by atoms with van der Waals surface area (Å²) in [6.45, 7) is 6.71. The summed E-state index contributed by atoms with van der Waals surface area (Å²) in [5.74, 6) is 0. The lowest BCUT2D eigenvalue weighted by Gasteiger charge is -2.13. The molecule has 0 fully saturated rings. The number of hydrogen-bond acceptors (Lipinski definition) is 1. The van der Waals surface area contributed by atoms with Gasteiger partial charge < -0.3 is 4.74 Å². The summed E-state index contributed by atoms with van der Waals surface area (Å²) >= 11 is 0. The monoisotopic (exact) mass is 173 g/mol. The van der Waals surface area contributed by atoms with Crippen LogP contribution in [0.5, 0.6) is 0 Å². The van der Waals surface area contributed by atoms with Crippen LogP contribution in [0, 0.1) is 0 Å². The summed E-state index contributed by atoms with van der Waals surface area (Å²) < 4.78 is 5.55. The van der Waals surface area contributed by atoms with Gasteiger partial charge in [-0.1, -0.05) is 13.8 Å². The van der Waals surface area contributed by atoms with E-state index in [-0.39, 0.29) is 0 Å². The fourth-order valence-corrected chi connectivity index (χ4v) is 1.15. The molecule has 0 aromatic heterocycles. The quantitative estimate of drug-likeness (QED) is 0.544. The third kappa shape index (κ3) is 6.62. The van der Waals surface area contributed by atoms with Crippen LogP contribution in [0.4, 0.5) is 0 Å². The second-order valence-corrected chi connectivity index (χ2v) is 3.26. The SMILES string of the molecule is CCC(CC)OCCCC(C)[O]. The Labute approximate surface area is 75.9 Å². The van der Waals surface area contributed by atoms with Gasteiger partial charge in [0, 0.05) is 6.61 Å². The first-order valence-corrected chi connectivity index (χ1v) is 4.98. The van der Waals surface area contributed by atoms with Crippen LogP contribution in [-0.2, 0) is 9.84 Å². The van der Waals surface area contributed by atoms with Gasteiger partial charge in [0.1, 0.15) is 0 Å². The molecule has 0 amide bonds. The van der Waals surface area contributed by atoms with Crippen LogP contribution in [-0.4, -0.2) is 18.8 Å². The van der Waals surface area contributed by atoms with Crippen LogP contribution in [0.15, 0.2) is 0 Å². The lowest BCUT2D eigenvalue weighted by molar-refractivity contribution is 0.0325. The fourth-order valence-electron chi connectivity index (χ4n) is 1.15. The molecule has 1 radical (unpaired) electrons. The Bertz CT molecular complexity index is 87.8. The average molecular weight is 173 g/mol. The van der Waals surface area contributed by atoms with Gasteiger partial charge in [0.05, 0.1) is 12.2 Å². The summed E-state index contributed by atoms with van der Waals surface area (Å²) in [5, 5.41) is 10.7. The smallest absolute Gasteiger partial charge is 0.0902 e. The van der Waals surface area contributed by atoms with E-state index in [4.69, 9.17) is 4.74 Å². The van der Waals surface area contributed by atoms with Gasteiger partial charge in [-0.05, 0) is 32.6 Å². The Morgan fingerprint density at radius 3 is 2.25 bits per heavy atom. The number of ether oxygens (including phenoxy) is 1. The Morgan fingerprint density at radius 2 is 1.83 bits per heavy atom. The first kappa shape index (κ1) is 11.9. The summed E-state index contributed by atoms with van der Waals surface area (Å²) in [6, 6.07) is 0. The molecule has 0 aliphatic carbocycles. The third-order valence-electron chi connectivity index (χ3n) is 2.02. The molecule has 1 atom stereocenters. The van der Waals surface area contributed by atoms with Crippen LogP contribution >= 0.6 is 0 Å². The molecule has 0 bridgehead atoms. The third-order valence-corrected chi connectivity index (χ3v) is 2.02. The Balaban J connectivity index is 3.17. The van der Waals surface area contributed by atoms with Crippen molar-refractivity contribution in [2.75, 3.05) is 6.61 Å². The zero-order chi connectivity index (χ0) is 9.40. The minimum absolute atomic E-state index is 0.395. The van der Waals surface area contributed by atoms with E-state index in [2.05, 4.69) is 13.8 Å². The summed E-state index contributed by atoms with van der Waals surface area (Å²) in [5.41, 5.74) is 0. The van der Waals surface area contributed by atoms with E-state index < -0.39 is 6.10 Å². The molecule has 0 heterocycles. The van der Waals surface area contributed by atoms with Crippen molar-refractivity contribution in [1.82, 2.24) is 0 Å². The molecule has 12 heavy (non-hydrogen) atoms. The lowest BCUT2D eigenvalue weighted by atomic mass is 10.2. The Hall–Kier alpha value is -0.0800. The van der Waals surface area contributed by atoms with Crippen LogP contribution in [0.3, 0.4) is 0 Å². The highest BCUT2D eigenvalue weighted by molar-refractivity contribution is 4.52. The van der Waals surface area contributed by atoms with Crippen LogP contribution in [0.2, 0.25) is 0 Å². The molecule has 1 unspecified atom stereocenters. The van der Waals surface area contributed by atoms with Gasteiger partial charge in [0.2, 0.25) is 0 Å². The van der Waals surface area contributed by atoms with Crippen LogP contribution < -0.4 is 0 Å². The normalized spacial score (nSPS) is 13.8. The maximum absolute atomic E-state index is 10.7. The number of rotatable bonds is 7. The van der Waals surface area contributed by atoms with Crippen molar-refractivity contribution in [2.24, 2.45) is 0 Å². The molecule has 0 aliphatic rings. The summed E-state index contributed by atoms with van der Waals surface area (Å²) in [6.07, 6.45) is 3.75. The Kier molecular flexibility index (Phi) is 7.51. The van der Waals surface area contributed by atoms with E-state index in [1.54, 1.807) is 6.92 Å². The van der Waals surface area contributed by atoms with E-state index in [1.165, 1.54) is 0 Å². The van der Waals surface area contributed by atoms with E-state index in [1.807, 2.05) is 0 Å². The van der Waals surface area contributed by atoms with Crippen molar-refractivity contribution in [3.05, 3.63) is 0 Å². The standard InChI is InChI=1S/C10H21O2/c1-4-10(5-2)12-8-6-7-9(3)11/h9-10H,4-8H2,1-3H3. The molecular weight excluding hydrogens is 152 g/mol. The zero-order valence-electron chi connectivity index (χ0n) is 8.51. The van der Waals surface area contributed by atoms with E-state index in [9.17, 15) is 5.11 Å². The summed E-state index contributed by atoms with van der Waals surface area (Å²) in [7, 11) is 0. The second kappa shape index (κ2) is 7.56. The van der Waals surface area contributed by atoms with Crippen molar-refractivity contribution < 1.29 is 9.84 Å². The maximum atomic E-state index is 10.7. The maximum Gasteiger partial charge on any atom is 0.0902 e. The largest absolute Gasteiger partial charge is 0.378 e. The van der Waals surface area contributed by atoms with Crippen LogP contribution in [0.1, 0.15) is 46.5 Å². The van der Waals surface area contributed by atoms with Crippen molar-refractivity contribution in [3.8, 4) is 0 Å². The van der Waals surface area contributed by atoms with Crippen molar-refractivity contribution in [2.45, 2.75) is 58.7 Å². The fraction of sp³-hybridized carbons (Fsp3) is 1.00. The van der Waals surface area contributed by atoms with Gasteiger partial charge in [-0.15, -0.1) is 0 Å². The predicted octanol–water partition coefficient (Wildman–Crippen LogP) is 2.79. The topological polar surface area (TPSA) is 29.1 Å². The minimum atomic E-state index is -0.435. The van der Waals surface area contributed by atoms with E-state index in [0.717, 1.165) is 32.3 Å². The molecule has 73 valence electrons.